The van der Waals surface area contributed by atoms with Gasteiger partial charge in [-0.05, 0) is 30.7 Å². The third-order valence-corrected chi connectivity index (χ3v) is 3.38. The summed E-state index contributed by atoms with van der Waals surface area (Å²) in [6.07, 6.45) is 0. The quantitative estimate of drug-likeness (QED) is 0.736. The van der Waals surface area contributed by atoms with Crippen LogP contribution in [0.2, 0.25) is 5.02 Å². The lowest BCUT2D eigenvalue weighted by atomic mass is 10.2. The molecule has 2 N–H and O–H groups in total. The number of imidazole rings is 1. The van der Waals surface area contributed by atoms with Crippen molar-refractivity contribution in [2.24, 2.45) is 0 Å². The fourth-order valence-electron chi connectivity index (χ4n) is 2.18. The van der Waals surface area contributed by atoms with Crippen molar-refractivity contribution < 1.29 is 4.39 Å². The third kappa shape index (κ3) is 1.76. The van der Waals surface area contributed by atoms with Gasteiger partial charge in [0.15, 0.2) is 5.82 Å². The molecule has 19 heavy (non-hydrogen) atoms. The monoisotopic (exact) mass is 275 g/mol. The van der Waals surface area contributed by atoms with E-state index in [1.807, 2.05) is 25.1 Å². The predicted molar refractivity (Wildman–Crippen MR) is 75.2 cm³/mol. The van der Waals surface area contributed by atoms with E-state index in [1.165, 1.54) is 6.07 Å². The van der Waals surface area contributed by atoms with Crippen molar-refractivity contribution in [2.45, 2.75) is 6.92 Å². The van der Waals surface area contributed by atoms with Crippen LogP contribution in [-0.2, 0) is 0 Å². The Hall–Kier alpha value is -2.07. The van der Waals surface area contributed by atoms with Crippen LogP contribution in [0.5, 0.6) is 0 Å². The molecular formula is C14H11ClFN3. The predicted octanol–water partition coefficient (Wildman–Crippen LogP) is 3.71. The Morgan fingerprint density at radius 3 is 2.74 bits per heavy atom. The summed E-state index contributed by atoms with van der Waals surface area (Å²) < 4.78 is 15.7. The number of anilines is 1. The molecule has 3 nitrogen and oxygen atoms in total. The summed E-state index contributed by atoms with van der Waals surface area (Å²) in [6.45, 7) is 1.94. The van der Waals surface area contributed by atoms with E-state index in [1.54, 1.807) is 16.7 Å². The van der Waals surface area contributed by atoms with Crippen molar-refractivity contribution in [3.63, 3.8) is 0 Å². The van der Waals surface area contributed by atoms with Gasteiger partial charge in [0.1, 0.15) is 0 Å². The minimum atomic E-state index is -0.503. The second-order valence-corrected chi connectivity index (χ2v) is 4.73. The van der Waals surface area contributed by atoms with Crippen LogP contribution in [0.1, 0.15) is 5.56 Å². The van der Waals surface area contributed by atoms with E-state index in [2.05, 4.69) is 4.98 Å². The molecule has 2 aromatic carbocycles. The number of rotatable bonds is 1. The van der Waals surface area contributed by atoms with Gasteiger partial charge in [-0.25, -0.2) is 9.37 Å². The second-order valence-electron chi connectivity index (χ2n) is 4.32. The molecule has 1 aromatic heterocycles. The van der Waals surface area contributed by atoms with Gasteiger partial charge < -0.3 is 5.73 Å². The Balaban J connectivity index is 2.40. The number of benzene rings is 2. The van der Waals surface area contributed by atoms with Gasteiger partial charge in [-0.1, -0.05) is 29.8 Å². The zero-order valence-electron chi connectivity index (χ0n) is 10.2. The van der Waals surface area contributed by atoms with Crippen molar-refractivity contribution in [1.29, 1.82) is 0 Å². The van der Waals surface area contributed by atoms with Crippen LogP contribution in [0.3, 0.4) is 0 Å². The summed E-state index contributed by atoms with van der Waals surface area (Å²) in [5, 5.41) is 0.0615. The highest BCUT2D eigenvalue weighted by Gasteiger charge is 2.15. The Kier molecular flexibility index (Phi) is 2.68. The first kappa shape index (κ1) is 12.0. The Morgan fingerprint density at radius 2 is 1.95 bits per heavy atom. The van der Waals surface area contributed by atoms with Gasteiger partial charge in [-0.2, -0.15) is 0 Å². The summed E-state index contributed by atoms with van der Waals surface area (Å²) in [5.41, 5.74) is 8.74. The fraction of sp³-hybridized carbons (Fsp3) is 0.0714. The largest absolute Gasteiger partial charge is 0.369 e. The van der Waals surface area contributed by atoms with E-state index in [0.29, 0.717) is 5.69 Å². The molecule has 0 unspecified atom stereocenters. The van der Waals surface area contributed by atoms with Crippen LogP contribution >= 0.6 is 11.6 Å². The number of fused-ring (bicyclic) bond motifs is 1. The van der Waals surface area contributed by atoms with Crippen molar-refractivity contribution in [3.05, 3.63) is 52.8 Å². The van der Waals surface area contributed by atoms with Gasteiger partial charge in [0.2, 0.25) is 5.95 Å². The van der Waals surface area contributed by atoms with Gasteiger partial charge in [0.25, 0.3) is 0 Å². The van der Waals surface area contributed by atoms with Crippen LogP contribution in [-0.4, -0.2) is 9.55 Å². The summed E-state index contributed by atoms with van der Waals surface area (Å²) >= 11 is 5.82. The standard InChI is InChI=1S/C14H11ClFN3/c1-8-4-2-7-11-13(8)18-14(17)19(11)10-6-3-5-9(15)12(10)16/h2-7H,1H3,(H2,17,18). The molecule has 3 aromatic rings. The van der Waals surface area contributed by atoms with Crippen molar-refractivity contribution in [3.8, 4) is 5.69 Å². The molecule has 0 radical (unpaired) electrons. The summed E-state index contributed by atoms with van der Waals surface area (Å²) in [4.78, 5) is 4.29. The van der Waals surface area contributed by atoms with Crippen molar-refractivity contribution in [1.82, 2.24) is 9.55 Å². The Labute approximate surface area is 114 Å². The first-order valence-electron chi connectivity index (χ1n) is 5.77. The summed E-state index contributed by atoms with van der Waals surface area (Å²) in [5.74, 6) is -0.262. The number of aryl methyl sites for hydroxylation is 1. The van der Waals surface area contributed by atoms with E-state index < -0.39 is 5.82 Å². The molecule has 0 bridgehead atoms. The topological polar surface area (TPSA) is 43.8 Å². The molecule has 96 valence electrons. The molecule has 5 heteroatoms. The number of nitrogens with zero attached hydrogens (tertiary/aromatic N) is 2. The molecule has 0 saturated carbocycles. The maximum absolute atomic E-state index is 14.1. The van der Waals surface area contributed by atoms with Gasteiger partial charge >= 0.3 is 0 Å². The smallest absolute Gasteiger partial charge is 0.206 e. The number of aromatic nitrogens is 2. The lowest BCUT2D eigenvalue weighted by Crippen LogP contribution is -2.03. The SMILES string of the molecule is Cc1cccc2c1nc(N)n2-c1cccc(Cl)c1F. The Morgan fingerprint density at radius 1 is 1.21 bits per heavy atom. The molecule has 0 aliphatic rings. The van der Waals surface area contributed by atoms with Crippen molar-refractivity contribution >= 4 is 28.6 Å². The van der Waals surface area contributed by atoms with Gasteiger partial charge in [-0.15, -0.1) is 0 Å². The molecule has 0 amide bonds. The molecule has 0 spiro atoms. The zero-order chi connectivity index (χ0) is 13.6. The number of hydrogen-bond donors (Lipinski definition) is 1. The number of halogens is 2. The van der Waals surface area contributed by atoms with E-state index in [9.17, 15) is 4.39 Å². The molecule has 0 fully saturated rings. The van der Waals surface area contributed by atoms with E-state index >= 15 is 0 Å². The maximum Gasteiger partial charge on any atom is 0.206 e. The zero-order valence-corrected chi connectivity index (χ0v) is 10.9. The van der Waals surface area contributed by atoms with Crippen LogP contribution in [0.15, 0.2) is 36.4 Å². The second kappa shape index (κ2) is 4.24. The van der Waals surface area contributed by atoms with Crippen LogP contribution < -0.4 is 5.73 Å². The average molecular weight is 276 g/mol. The van der Waals surface area contributed by atoms with E-state index in [-0.39, 0.29) is 11.0 Å². The lowest BCUT2D eigenvalue weighted by molar-refractivity contribution is 0.620. The number of nitrogens with two attached hydrogens (primary N) is 1. The summed E-state index contributed by atoms with van der Waals surface area (Å²) in [6, 6.07) is 10.5. The molecular weight excluding hydrogens is 265 g/mol. The van der Waals surface area contributed by atoms with Crippen molar-refractivity contribution in [2.75, 3.05) is 5.73 Å². The van der Waals surface area contributed by atoms with E-state index in [4.69, 9.17) is 17.3 Å². The van der Waals surface area contributed by atoms with Gasteiger partial charge in [0, 0.05) is 0 Å². The average Bonchev–Trinajstić information content (AvgIpc) is 2.71. The van der Waals surface area contributed by atoms with Gasteiger partial charge in [-0.3, -0.25) is 4.57 Å². The molecule has 0 atom stereocenters. The maximum atomic E-state index is 14.1. The van der Waals surface area contributed by atoms with Crippen LogP contribution in [0.4, 0.5) is 10.3 Å². The third-order valence-electron chi connectivity index (χ3n) is 3.08. The number of hydrogen-bond acceptors (Lipinski definition) is 2. The van der Waals surface area contributed by atoms with E-state index in [0.717, 1.165) is 16.6 Å². The Bertz CT molecular complexity index is 780. The highest BCUT2D eigenvalue weighted by Crippen LogP contribution is 2.28. The number of nitrogen functional groups attached to an aromatic ring is 1. The highest BCUT2D eigenvalue weighted by atomic mass is 35.5. The molecule has 0 aliphatic carbocycles. The van der Waals surface area contributed by atoms with Crippen LogP contribution in [0, 0.1) is 12.7 Å². The minimum absolute atomic E-state index is 0.0615. The molecule has 3 rings (SSSR count). The number of para-hydroxylation sites is 1. The first-order chi connectivity index (χ1) is 9.09. The summed E-state index contributed by atoms with van der Waals surface area (Å²) in [7, 11) is 0. The lowest BCUT2D eigenvalue weighted by Gasteiger charge is -2.08. The highest BCUT2D eigenvalue weighted by molar-refractivity contribution is 6.30. The van der Waals surface area contributed by atoms with Gasteiger partial charge in [0.05, 0.1) is 21.7 Å². The fourth-order valence-corrected chi connectivity index (χ4v) is 2.35. The molecule has 0 saturated heterocycles. The minimum Gasteiger partial charge on any atom is -0.369 e. The molecule has 1 heterocycles. The first-order valence-corrected chi connectivity index (χ1v) is 6.15. The molecule has 0 aliphatic heterocycles. The normalized spacial score (nSPS) is 11.1. The van der Waals surface area contributed by atoms with Crippen LogP contribution in [0.25, 0.3) is 16.7 Å².